The number of nitrogens with zero attached hydrogens (tertiary/aromatic N) is 5. The number of likely N-dealkylation sites (tertiary alicyclic amines) is 1. The summed E-state index contributed by atoms with van der Waals surface area (Å²) in [6, 6.07) is 13.6. The molecule has 2 aromatic carbocycles. The van der Waals surface area contributed by atoms with Crippen LogP contribution >= 0.6 is 0 Å². The molecule has 2 aliphatic heterocycles. The van der Waals surface area contributed by atoms with E-state index in [1.165, 1.54) is 11.4 Å². The number of hydrogen-bond donors (Lipinski definition) is 3. The molecule has 0 saturated carbocycles. The third-order valence-corrected chi connectivity index (χ3v) is 8.47. The minimum atomic E-state index is 0.304. The third kappa shape index (κ3) is 4.51. The summed E-state index contributed by atoms with van der Waals surface area (Å²) in [5.74, 6) is 1.15. The van der Waals surface area contributed by atoms with Crippen LogP contribution in [0.15, 0.2) is 36.4 Å². The van der Waals surface area contributed by atoms with Gasteiger partial charge in [0.1, 0.15) is 11.4 Å². The maximum Gasteiger partial charge on any atom is 0.159 e. The number of H-pyrrole nitrogens is 2. The summed E-state index contributed by atoms with van der Waals surface area (Å²) in [4.78, 5) is 16.2. The van der Waals surface area contributed by atoms with Crippen molar-refractivity contribution in [2.75, 3.05) is 33.7 Å². The maximum absolute atomic E-state index is 9.90. The van der Waals surface area contributed by atoms with Crippen molar-refractivity contribution in [1.29, 1.82) is 0 Å². The van der Waals surface area contributed by atoms with Gasteiger partial charge in [0.05, 0.1) is 16.9 Å². The van der Waals surface area contributed by atoms with E-state index >= 15 is 0 Å². The van der Waals surface area contributed by atoms with Gasteiger partial charge in [0.15, 0.2) is 5.82 Å². The Labute approximate surface area is 224 Å². The smallest absolute Gasteiger partial charge is 0.159 e. The molecular formula is C30H39N7O. The molecule has 2 aliphatic rings. The number of benzene rings is 2. The predicted octanol–water partition coefficient (Wildman–Crippen LogP) is 4.27. The van der Waals surface area contributed by atoms with Crippen molar-refractivity contribution >= 4 is 10.9 Å². The molecular weight excluding hydrogens is 474 g/mol. The van der Waals surface area contributed by atoms with Gasteiger partial charge in [-0.05, 0) is 75.3 Å². The summed E-state index contributed by atoms with van der Waals surface area (Å²) in [5.41, 5.74) is 7.61. The van der Waals surface area contributed by atoms with Crippen molar-refractivity contribution in [2.45, 2.75) is 58.3 Å². The second kappa shape index (κ2) is 9.84. The van der Waals surface area contributed by atoms with Crippen molar-refractivity contribution in [2.24, 2.45) is 0 Å². The van der Waals surface area contributed by atoms with Crippen LogP contribution in [-0.4, -0.2) is 91.8 Å². The molecule has 0 unspecified atom stereocenters. The number of aromatic hydroxyl groups is 1. The van der Waals surface area contributed by atoms with Crippen LogP contribution in [0, 0.1) is 0 Å². The summed E-state index contributed by atoms with van der Waals surface area (Å²) >= 11 is 0. The standard InChI is InChI=1S/C30H39N7O/c1-6-19-11-23(38)8-10-24(19)20-7-9-25-26(12-20)33-34-29(25)30-31-27-13-21(14-36-15-22(16-36)35(4)5)37(18(2)3)17-28(27)32-30/h7-12,18,21-22,38H,6,13-17H2,1-5H3,(H,31,32)(H,33,34)/t21-/m0/s1. The molecule has 8 nitrogen and oxygen atoms in total. The second-order valence-electron chi connectivity index (χ2n) is 11.5. The number of aryl methyl sites for hydroxylation is 1. The number of rotatable bonds is 7. The Kier molecular flexibility index (Phi) is 6.50. The largest absolute Gasteiger partial charge is 0.508 e. The first-order chi connectivity index (χ1) is 18.3. The fourth-order valence-electron chi connectivity index (χ4n) is 6.12. The van der Waals surface area contributed by atoms with Crippen LogP contribution in [0.4, 0.5) is 0 Å². The molecule has 4 aromatic rings. The molecule has 0 spiro atoms. The Morgan fingerprint density at radius 1 is 1.13 bits per heavy atom. The zero-order chi connectivity index (χ0) is 26.6. The molecule has 1 atom stereocenters. The molecule has 1 saturated heterocycles. The van der Waals surface area contributed by atoms with Crippen molar-refractivity contribution < 1.29 is 5.11 Å². The Morgan fingerprint density at radius 3 is 2.68 bits per heavy atom. The van der Waals surface area contributed by atoms with Crippen LogP contribution in [0.3, 0.4) is 0 Å². The van der Waals surface area contributed by atoms with Gasteiger partial charge in [-0.25, -0.2) is 4.98 Å². The van der Waals surface area contributed by atoms with Gasteiger partial charge < -0.3 is 15.0 Å². The molecule has 0 amide bonds. The monoisotopic (exact) mass is 513 g/mol. The summed E-state index contributed by atoms with van der Waals surface area (Å²) in [5, 5.41) is 18.9. The number of phenols is 1. The maximum atomic E-state index is 9.90. The molecule has 38 heavy (non-hydrogen) atoms. The molecule has 3 N–H and O–H groups in total. The topological polar surface area (TPSA) is 87.3 Å². The minimum absolute atomic E-state index is 0.304. The SMILES string of the molecule is CCc1cc(O)ccc1-c1ccc2c(-c3nc4c([nH]3)CN(C(C)C)[C@H](CN3CC(N(C)C)C3)C4)n[nH]c2c1. The lowest BCUT2D eigenvalue weighted by molar-refractivity contribution is 0.0210. The minimum Gasteiger partial charge on any atom is -0.508 e. The first-order valence-electron chi connectivity index (χ1n) is 13.8. The molecule has 0 bridgehead atoms. The molecule has 2 aromatic heterocycles. The molecule has 4 heterocycles. The zero-order valence-electron chi connectivity index (χ0n) is 23.1. The molecule has 8 heteroatoms. The van der Waals surface area contributed by atoms with Gasteiger partial charge >= 0.3 is 0 Å². The first-order valence-corrected chi connectivity index (χ1v) is 13.8. The Morgan fingerprint density at radius 2 is 1.95 bits per heavy atom. The van der Waals surface area contributed by atoms with E-state index in [4.69, 9.17) is 4.98 Å². The van der Waals surface area contributed by atoms with E-state index in [2.05, 4.69) is 82.9 Å². The quantitative estimate of drug-likeness (QED) is 0.342. The Balaban J connectivity index is 1.26. The van der Waals surface area contributed by atoms with Crippen LogP contribution in [0.2, 0.25) is 0 Å². The number of likely N-dealkylation sites (N-methyl/N-ethyl adjacent to an activating group) is 1. The lowest BCUT2D eigenvalue weighted by atomic mass is 9.97. The van der Waals surface area contributed by atoms with E-state index in [9.17, 15) is 5.11 Å². The van der Waals surface area contributed by atoms with Gasteiger partial charge in [-0.15, -0.1) is 0 Å². The van der Waals surface area contributed by atoms with Gasteiger partial charge in [-0.2, -0.15) is 5.10 Å². The fourth-order valence-corrected chi connectivity index (χ4v) is 6.12. The molecule has 0 radical (unpaired) electrons. The predicted molar refractivity (Wildman–Crippen MR) is 152 cm³/mol. The Hall–Kier alpha value is -3.20. The molecule has 6 rings (SSSR count). The van der Waals surface area contributed by atoms with E-state index in [-0.39, 0.29) is 0 Å². The van der Waals surface area contributed by atoms with Gasteiger partial charge in [-0.1, -0.05) is 19.1 Å². The lowest BCUT2D eigenvalue weighted by Crippen LogP contribution is -2.61. The highest BCUT2D eigenvalue weighted by Gasteiger charge is 2.36. The summed E-state index contributed by atoms with van der Waals surface area (Å²) in [6.45, 7) is 11.0. The van der Waals surface area contributed by atoms with E-state index in [0.717, 1.165) is 78.1 Å². The summed E-state index contributed by atoms with van der Waals surface area (Å²) in [6.07, 6.45) is 1.82. The summed E-state index contributed by atoms with van der Waals surface area (Å²) < 4.78 is 0. The highest BCUT2D eigenvalue weighted by atomic mass is 16.3. The van der Waals surface area contributed by atoms with Crippen LogP contribution < -0.4 is 0 Å². The average molecular weight is 514 g/mol. The zero-order valence-corrected chi connectivity index (χ0v) is 23.1. The van der Waals surface area contributed by atoms with Crippen molar-refractivity contribution in [1.82, 2.24) is 34.9 Å². The van der Waals surface area contributed by atoms with E-state index in [1.54, 1.807) is 6.07 Å². The number of aromatic amines is 2. The second-order valence-corrected chi connectivity index (χ2v) is 11.5. The van der Waals surface area contributed by atoms with Gasteiger partial charge in [0, 0.05) is 56.1 Å². The van der Waals surface area contributed by atoms with Crippen molar-refractivity contribution in [3.05, 3.63) is 53.3 Å². The van der Waals surface area contributed by atoms with Crippen LogP contribution in [0.5, 0.6) is 5.75 Å². The van der Waals surface area contributed by atoms with E-state index in [1.807, 2.05) is 12.1 Å². The van der Waals surface area contributed by atoms with E-state index < -0.39 is 0 Å². The molecule has 0 aliphatic carbocycles. The van der Waals surface area contributed by atoms with Crippen LogP contribution in [0.25, 0.3) is 33.5 Å². The third-order valence-electron chi connectivity index (χ3n) is 8.47. The van der Waals surface area contributed by atoms with Crippen LogP contribution in [-0.2, 0) is 19.4 Å². The Bertz CT molecular complexity index is 1450. The van der Waals surface area contributed by atoms with Gasteiger partial charge in [-0.3, -0.25) is 14.9 Å². The normalized spacial score (nSPS) is 19.0. The summed E-state index contributed by atoms with van der Waals surface area (Å²) in [7, 11) is 4.35. The van der Waals surface area contributed by atoms with E-state index in [0.29, 0.717) is 23.9 Å². The van der Waals surface area contributed by atoms with Crippen molar-refractivity contribution in [3.8, 4) is 28.4 Å². The number of fused-ring (bicyclic) bond motifs is 2. The lowest BCUT2D eigenvalue weighted by Gasteiger charge is -2.47. The number of hydrogen-bond acceptors (Lipinski definition) is 6. The highest BCUT2D eigenvalue weighted by molar-refractivity contribution is 5.94. The van der Waals surface area contributed by atoms with Crippen molar-refractivity contribution in [3.63, 3.8) is 0 Å². The number of phenolic OH excluding ortho intramolecular Hbond substituents is 1. The number of nitrogens with one attached hydrogen (secondary N) is 2. The highest BCUT2D eigenvalue weighted by Crippen LogP contribution is 2.34. The fraction of sp³-hybridized carbons (Fsp3) is 0.467. The van der Waals surface area contributed by atoms with Crippen LogP contribution in [0.1, 0.15) is 37.7 Å². The molecule has 1 fully saturated rings. The van der Waals surface area contributed by atoms with Gasteiger partial charge in [0.2, 0.25) is 0 Å². The number of imidazole rings is 1. The first kappa shape index (κ1) is 25.1. The average Bonchev–Trinajstić information content (AvgIpc) is 3.47. The number of aromatic nitrogens is 4. The van der Waals surface area contributed by atoms with Gasteiger partial charge in [0.25, 0.3) is 0 Å². The molecule has 200 valence electrons.